The Morgan fingerprint density at radius 1 is 1.18 bits per heavy atom. The van der Waals surface area contributed by atoms with Gasteiger partial charge >= 0.3 is 0 Å². The minimum atomic E-state index is -0.513. The highest BCUT2D eigenvalue weighted by Crippen LogP contribution is 2.41. The van der Waals surface area contributed by atoms with E-state index < -0.39 is 4.92 Å². The highest BCUT2D eigenvalue weighted by Gasteiger charge is 2.38. The molecular weight excluding hydrogens is 432 g/mol. The van der Waals surface area contributed by atoms with Gasteiger partial charge in [0, 0.05) is 30.2 Å². The maximum Gasteiger partial charge on any atom is 0.295 e. The zero-order valence-electron chi connectivity index (χ0n) is 19.8. The van der Waals surface area contributed by atoms with Crippen molar-refractivity contribution in [1.82, 2.24) is 15.1 Å². The summed E-state index contributed by atoms with van der Waals surface area (Å²) in [6.45, 7) is 8.42. The van der Waals surface area contributed by atoms with Crippen molar-refractivity contribution in [3.8, 4) is 16.9 Å². The number of fused-ring (bicyclic) bond motifs is 1. The first kappa shape index (κ1) is 23.4. The quantitative estimate of drug-likeness (QED) is 0.412. The fourth-order valence-electron chi connectivity index (χ4n) is 4.33. The molecule has 0 unspecified atom stereocenters. The summed E-state index contributed by atoms with van der Waals surface area (Å²) in [7, 11) is 0. The Morgan fingerprint density at radius 3 is 2.53 bits per heavy atom. The fraction of sp³-hybridized carbons (Fsp3) is 0.346. The molecule has 1 aliphatic carbocycles. The van der Waals surface area contributed by atoms with Crippen molar-refractivity contribution in [2.45, 2.75) is 40.5 Å². The third-order valence-corrected chi connectivity index (χ3v) is 5.93. The molecule has 1 aromatic heterocycles. The molecule has 1 heterocycles. The Hall–Kier alpha value is -3.81. The maximum absolute atomic E-state index is 13.2. The van der Waals surface area contributed by atoms with Crippen molar-refractivity contribution in [3.63, 3.8) is 0 Å². The molecule has 0 fully saturated rings. The van der Waals surface area contributed by atoms with Crippen LogP contribution in [0, 0.1) is 21.4 Å². The maximum atomic E-state index is 13.2. The van der Waals surface area contributed by atoms with Crippen molar-refractivity contribution >= 4 is 17.4 Å². The van der Waals surface area contributed by atoms with Crippen LogP contribution in [0.15, 0.2) is 48.5 Å². The van der Waals surface area contributed by atoms with Gasteiger partial charge in [0.15, 0.2) is 5.78 Å². The van der Waals surface area contributed by atoms with Crippen LogP contribution in [0.25, 0.3) is 16.9 Å². The van der Waals surface area contributed by atoms with Gasteiger partial charge < -0.3 is 5.32 Å². The average Bonchev–Trinajstić information content (AvgIpc) is 3.16. The van der Waals surface area contributed by atoms with Crippen LogP contribution >= 0.6 is 0 Å². The first-order valence-corrected chi connectivity index (χ1v) is 11.3. The molecule has 0 spiro atoms. The molecule has 0 atom stereocenters. The van der Waals surface area contributed by atoms with Crippen LogP contribution in [0.5, 0.6) is 0 Å². The van der Waals surface area contributed by atoms with Crippen molar-refractivity contribution in [2.24, 2.45) is 11.3 Å². The molecule has 1 aliphatic rings. The van der Waals surface area contributed by atoms with Gasteiger partial charge in [-0.25, -0.2) is 4.68 Å². The number of ketones is 1. The Bertz CT molecular complexity index is 1280. The molecule has 2 aromatic carbocycles. The summed E-state index contributed by atoms with van der Waals surface area (Å²) in [5.74, 6) is -0.137. The number of nitro benzene ring substituents is 1. The Kier molecular flexibility index (Phi) is 6.08. The third-order valence-electron chi connectivity index (χ3n) is 5.93. The van der Waals surface area contributed by atoms with E-state index >= 15 is 0 Å². The average molecular weight is 461 g/mol. The molecule has 0 radical (unpaired) electrons. The Balaban J connectivity index is 1.88. The number of rotatable bonds is 6. The van der Waals surface area contributed by atoms with Gasteiger partial charge in [0.25, 0.3) is 11.6 Å². The highest BCUT2D eigenvalue weighted by molar-refractivity contribution is 6.04. The number of carbonyl (C=O) groups is 2. The van der Waals surface area contributed by atoms with Gasteiger partial charge in [-0.3, -0.25) is 19.7 Å². The predicted molar refractivity (Wildman–Crippen MR) is 129 cm³/mol. The number of hydrogen-bond donors (Lipinski definition) is 1. The summed E-state index contributed by atoms with van der Waals surface area (Å²) < 4.78 is 1.52. The van der Waals surface area contributed by atoms with Crippen LogP contribution in [-0.4, -0.2) is 32.9 Å². The number of hydrogen-bond acceptors (Lipinski definition) is 5. The number of amides is 1. The molecule has 4 rings (SSSR count). The topological polar surface area (TPSA) is 107 Å². The van der Waals surface area contributed by atoms with Crippen LogP contribution < -0.4 is 5.32 Å². The third kappa shape index (κ3) is 4.48. The molecule has 1 N–H and O–H groups in total. The van der Waals surface area contributed by atoms with Gasteiger partial charge in [0.2, 0.25) is 0 Å². The number of Topliss-reactive ketones (excluding diaryl/α,β-unsaturated/α-hetero) is 1. The lowest BCUT2D eigenvalue weighted by atomic mass is 9.75. The highest BCUT2D eigenvalue weighted by atomic mass is 16.6. The van der Waals surface area contributed by atoms with Crippen LogP contribution in [0.2, 0.25) is 0 Å². The van der Waals surface area contributed by atoms with E-state index in [4.69, 9.17) is 5.10 Å². The predicted octanol–water partition coefficient (Wildman–Crippen LogP) is 4.99. The van der Waals surface area contributed by atoms with E-state index in [-0.39, 0.29) is 40.0 Å². The van der Waals surface area contributed by atoms with Gasteiger partial charge in [-0.15, -0.1) is 0 Å². The zero-order chi connectivity index (χ0) is 24.6. The summed E-state index contributed by atoms with van der Waals surface area (Å²) in [5.41, 5.74) is 2.35. The van der Waals surface area contributed by atoms with Crippen LogP contribution in [0.3, 0.4) is 0 Å². The SMILES string of the molecule is CC(C)CNC(=O)c1ccc(-n2nc(-c3ccccc3)c3c2CC(C)(C)CC3=O)c([N+](=O)[O-])c1. The van der Waals surface area contributed by atoms with E-state index in [1.807, 2.05) is 58.0 Å². The van der Waals surface area contributed by atoms with Crippen LogP contribution in [0.1, 0.15) is 60.5 Å². The Labute approximate surface area is 198 Å². The summed E-state index contributed by atoms with van der Waals surface area (Å²) >= 11 is 0. The van der Waals surface area contributed by atoms with Gasteiger partial charge in [-0.2, -0.15) is 5.10 Å². The largest absolute Gasteiger partial charge is 0.352 e. The monoisotopic (exact) mass is 460 g/mol. The second kappa shape index (κ2) is 8.85. The normalized spacial score (nSPS) is 14.7. The number of benzene rings is 2. The van der Waals surface area contributed by atoms with Gasteiger partial charge in [-0.05, 0) is 29.9 Å². The Morgan fingerprint density at radius 2 is 1.88 bits per heavy atom. The molecule has 0 saturated carbocycles. The minimum absolute atomic E-state index is 0.0244. The number of nitrogens with zero attached hydrogens (tertiary/aromatic N) is 3. The summed E-state index contributed by atoms with van der Waals surface area (Å²) in [6, 6.07) is 13.7. The van der Waals surface area contributed by atoms with E-state index in [9.17, 15) is 19.7 Å². The van der Waals surface area contributed by atoms with Crippen LogP contribution in [0.4, 0.5) is 5.69 Å². The van der Waals surface area contributed by atoms with E-state index in [1.54, 1.807) is 6.07 Å². The minimum Gasteiger partial charge on any atom is -0.352 e. The molecule has 0 saturated heterocycles. The summed E-state index contributed by atoms with van der Waals surface area (Å²) in [5, 5.41) is 19.5. The van der Waals surface area contributed by atoms with Crippen molar-refractivity contribution < 1.29 is 14.5 Å². The zero-order valence-corrected chi connectivity index (χ0v) is 19.8. The second-order valence-electron chi connectivity index (χ2n) is 9.95. The molecule has 0 bridgehead atoms. The first-order chi connectivity index (χ1) is 16.1. The standard InChI is InChI=1S/C26H28N4O4/c1-16(2)15-27-25(32)18-10-11-19(20(12-18)30(33)34)29-21-13-26(3,4)14-22(31)23(21)24(28-29)17-8-6-5-7-9-17/h5-12,16H,13-15H2,1-4H3,(H,27,32). The van der Waals surface area contributed by atoms with Gasteiger partial charge in [0.05, 0.1) is 16.2 Å². The second-order valence-corrected chi connectivity index (χ2v) is 9.95. The smallest absolute Gasteiger partial charge is 0.295 e. The molecule has 0 aliphatic heterocycles. The van der Waals surface area contributed by atoms with Crippen LogP contribution in [-0.2, 0) is 6.42 Å². The molecule has 176 valence electrons. The van der Waals surface area contributed by atoms with Crippen molar-refractivity contribution in [3.05, 3.63) is 75.5 Å². The van der Waals surface area contributed by atoms with Gasteiger partial charge in [-0.1, -0.05) is 58.0 Å². The molecule has 8 heteroatoms. The fourth-order valence-corrected chi connectivity index (χ4v) is 4.33. The van der Waals surface area contributed by atoms with Gasteiger partial charge in [0.1, 0.15) is 11.4 Å². The first-order valence-electron chi connectivity index (χ1n) is 11.3. The van der Waals surface area contributed by atoms with E-state index in [1.165, 1.54) is 16.8 Å². The number of nitrogens with one attached hydrogen (secondary N) is 1. The molecule has 3 aromatic rings. The van der Waals surface area contributed by atoms with E-state index in [0.717, 1.165) is 5.56 Å². The lowest BCUT2D eigenvalue weighted by Crippen LogP contribution is -2.28. The van der Waals surface area contributed by atoms with Crippen molar-refractivity contribution in [1.29, 1.82) is 0 Å². The molecular formula is C26H28N4O4. The summed E-state index contributed by atoms with van der Waals surface area (Å²) in [6.07, 6.45) is 0.921. The number of aromatic nitrogens is 2. The molecule has 34 heavy (non-hydrogen) atoms. The van der Waals surface area contributed by atoms with Crippen molar-refractivity contribution in [2.75, 3.05) is 6.54 Å². The van der Waals surface area contributed by atoms with E-state index in [2.05, 4.69) is 5.32 Å². The number of nitro groups is 1. The van der Waals surface area contributed by atoms with E-state index in [0.29, 0.717) is 36.3 Å². The molecule has 8 nitrogen and oxygen atoms in total. The number of carbonyl (C=O) groups excluding carboxylic acids is 2. The lowest BCUT2D eigenvalue weighted by molar-refractivity contribution is -0.384. The molecule has 1 amide bonds. The summed E-state index contributed by atoms with van der Waals surface area (Å²) in [4.78, 5) is 37.2. The lowest BCUT2D eigenvalue weighted by Gasteiger charge is -2.29.